The van der Waals surface area contributed by atoms with Crippen molar-refractivity contribution in [3.63, 3.8) is 0 Å². The van der Waals surface area contributed by atoms with Crippen LogP contribution in [0.3, 0.4) is 0 Å². The summed E-state index contributed by atoms with van der Waals surface area (Å²) in [5, 5.41) is 11.1. The number of hydrogen-bond acceptors (Lipinski definition) is 2. The van der Waals surface area contributed by atoms with Gasteiger partial charge in [0.1, 0.15) is 0 Å². The van der Waals surface area contributed by atoms with Gasteiger partial charge in [-0.2, -0.15) is 5.26 Å². The minimum absolute atomic E-state index is 0. The van der Waals surface area contributed by atoms with Gasteiger partial charge in [-0.25, -0.2) is 0 Å². The van der Waals surface area contributed by atoms with Crippen LogP contribution < -0.4 is 5.73 Å². The van der Waals surface area contributed by atoms with Crippen LogP contribution in [0.5, 0.6) is 0 Å². The first-order chi connectivity index (χ1) is 8.79. The maximum absolute atomic E-state index is 9.12. The third kappa shape index (κ3) is 2.57. The van der Waals surface area contributed by atoms with Crippen LogP contribution in [-0.4, -0.2) is 4.57 Å². The number of rotatable bonds is 1. The van der Waals surface area contributed by atoms with E-state index in [0.29, 0.717) is 5.56 Å². The quantitative estimate of drug-likeness (QED) is 0.740. The van der Waals surface area contributed by atoms with Crippen molar-refractivity contribution < 1.29 is 0 Å². The van der Waals surface area contributed by atoms with E-state index in [1.165, 1.54) is 0 Å². The van der Waals surface area contributed by atoms with Crippen LogP contribution in [0.1, 0.15) is 5.56 Å². The van der Waals surface area contributed by atoms with Gasteiger partial charge in [-0.3, -0.25) is 0 Å². The Bertz CT molecular complexity index is 772. The molecule has 0 aliphatic rings. The highest BCUT2D eigenvalue weighted by atomic mass is 35.5. The molecule has 0 atom stereocenters. The first kappa shape index (κ1) is 15.9. The van der Waals surface area contributed by atoms with Gasteiger partial charge in [0.15, 0.2) is 0 Å². The summed E-state index contributed by atoms with van der Waals surface area (Å²) in [6.45, 7) is 0. The number of nitrogens with two attached hydrogens (primary N) is 1. The van der Waals surface area contributed by atoms with E-state index in [2.05, 4.69) is 6.07 Å². The van der Waals surface area contributed by atoms with Crippen molar-refractivity contribution in [2.75, 3.05) is 5.73 Å². The molecule has 0 saturated carbocycles. The molecular formula is C15H13Cl2N3. The summed E-state index contributed by atoms with van der Waals surface area (Å²) in [6.07, 6.45) is 3.79. The summed E-state index contributed by atoms with van der Waals surface area (Å²) in [6, 6.07) is 15.8. The van der Waals surface area contributed by atoms with E-state index in [4.69, 9.17) is 11.0 Å². The Hall–Kier alpha value is -2.15. The molecule has 0 amide bonds. The lowest BCUT2D eigenvalue weighted by atomic mass is 10.0. The van der Waals surface area contributed by atoms with Crippen LogP contribution in [0.15, 0.2) is 54.9 Å². The number of aromatic nitrogens is 1. The smallest absolute Gasteiger partial charge is 0.0998 e. The lowest BCUT2D eigenvalue weighted by Gasteiger charge is -2.08. The normalized spacial score (nSPS) is 9.35. The van der Waals surface area contributed by atoms with Crippen molar-refractivity contribution in [2.24, 2.45) is 0 Å². The lowest BCUT2D eigenvalue weighted by Crippen LogP contribution is -1.93. The Labute approximate surface area is 129 Å². The predicted octanol–water partition coefficient (Wildman–Crippen LogP) is 3.93. The van der Waals surface area contributed by atoms with Gasteiger partial charge in [-0.1, -0.05) is 24.3 Å². The van der Waals surface area contributed by atoms with Crippen LogP contribution in [0, 0.1) is 11.3 Å². The zero-order chi connectivity index (χ0) is 12.5. The Kier molecular flexibility index (Phi) is 5.04. The average molecular weight is 306 g/mol. The zero-order valence-electron chi connectivity index (χ0n) is 10.5. The molecule has 0 radical (unpaired) electrons. The average Bonchev–Trinajstić information content (AvgIpc) is 2.84. The molecule has 1 aromatic heterocycles. The summed E-state index contributed by atoms with van der Waals surface area (Å²) in [5.41, 5.74) is 8.19. The topological polar surface area (TPSA) is 54.7 Å². The van der Waals surface area contributed by atoms with Crippen molar-refractivity contribution in [1.29, 1.82) is 5.26 Å². The molecule has 0 fully saturated rings. The molecule has 2 N–H and O–H groups in total. The summed E-state index contributed by atoms with van der Waals surface area (Å²) in [7, 11) is 0. The number of halogens is 2. The third-order valence-electron chi connectivity index (χ3n) is 3.02. The maximum Gasteiger partial charge on any atom is 0.0998 e. The molecular weight excluding hydrogens is 293 g/mol. The van der Waals surface area contributed by atoms with E-state index >= 15 is 0 Å². The Morgan fingerprint density at radius 3 is 2.25 bits per heavy atom. The minimum atomic E-state index is 0. The van der Waals surface area contributed by atoms with Crippen LogP contribution in [0.4, 0.5) is 5.69 Å². The molecule has 1 heterocycles. The summed E-state index contributed by atoms with van der Waals surface area (Å²) >= 11 is 0. The van der Waals surface area contributed by atoms with E-state index in [9.17, 15) is 0 Å². The van der Waals surface area contributed by atoms with Crippen LogP contribution in [0.25, 0.3) is 16.5 Å². The van der Waals surface area contributed by atoms with Gasteiger partial charge in [-0.15, -0.1) is 24.8 Å². The fraction of sp³-hybridized carbons (Fsp3) is 0. The zero-order valence-corrected chi connectivity index (χ0v) is 12.1. The number of nitrogen functional groups attached to an aromatic ring is 1. The second-order valence-electron chi connectivity index (χ2n) is 4.14. The number of anilines is 1. The minimum Gasteiger partial charge on any atom is -0.397 e. The molecule has 2 aromatic carbocycles. The van der Waals surface area contributed by atoms with Gasteiger partial charge in [0.05, 0.1) is 17.3 Å². The fourth-order valence-corrected chi connectivity index (χ4v) is 2.17. The van der Waals surface area contributed by atoms with Gasteiger partial charge in [0.25, 0.3) is 0 Å². The summed E-state index contributed by atoms with van der Waals surface area (Å²) < 4.78 is 1.97. The van der Waals surface area contributed by atoms with Gasteiger partial charge in [-0.05, 0) is 18.2 Å². The lowest BCUT2D eigenvalue weighted by molar-refractivity contribution is 1.09. The SMILES string of the molecule is Cl.Cl.N#Cc1ccc(-n2ccc(N)c2)c2ccccc12. The van der Waals surface area contributed by atoms with E-state index in [-0.39, 0.29) is 24.8 Å². The van der Waals surface area contributed by atoms with Gasteiger partial charge in [0.2, 0.25) is 0 Å². The second kappa shape index (κ2) is 6.33. The molecule has 3 rings (SSSR count). The molecule has 0 saturated heterocycles. The van der Waals surface area contributed by atoms with Gasteiger partial charge >= 0.3 is 0 Å². The molecule has 3 aromatic rings. The number of nitrogens with zero attached hydrogens (tertiary/aromatic N) is 2. The number of fused-ring (bicyclic) bond motifs is 1. The van der Waals surface area contributed by atoms with E-state index in [0.717, 1.165) is 22.1 Å². The molecule has 0 unspecified atom stereocenters. The standard InChI is InChI=1S/C15H11N3.2ClH/c16-9-11-5-6-15(18-8-7-12(17)10-18)14-4-2-1-3-13(11)14;;/h1-8,10H,17H2;2*1H. The molecule has 3 nitrogen and oxygen atoms in total. The number of benzene rings is 2. The van der Waals surface area contributed by atoms with Crippen molar-refractivity contribution >= 4 is 41.3 Å². The molecule has 20 heavy (non-hydrogen) atoms. The highest BCUT2D eigenvalue weighted by molar-refractivity contribution is 5.94. The molecule has 0 aliphatic carbocycles. The van der Waals surface area contributed by atoms with Crippen molar-refractivity contribution in [2.45, 2.75) is 0 Å². The highest BCUT2D eigenvalue weighted by Gasteiger charge is 2.06. The van der Waals surface area contributed by atoms with Crippen molar-refractivity contribution in [3.8, 4) is 11.8 Å². The van der Waals surface area contributed by atoms with E-state index < -0.39 is 0 Å². The maximum atomic E-state index is 9.12. The molecule has 0 bridgehead atoms. The monoisotopic (exact) mass is 305 g/mol. The predicted molar refractivity (Wildman–Crippen MR) is 86.9 cm³/mol. The molecule has 0 spiro atoms. The van der Waals surface area contributed by atoms with Crippen LogP contribution in [0.2, 0.25) is 0 Å². The number of hydrogen-bond donors (Lipinski definition) is 1. The first-order valence-electron chi connectivity index (χ1n) is 5.65. The number of nitriles is 1. The van der Waals surface area contributed by atoms with Crippen molar-refractivity contribution in [1.82, 2.24) is 4.57 Å². The second-order valence-corrected chi connectivity index (χ2v) is 4.14. The van der Waals surface area contributed by atoms with Gasteiger partial charge in [0, 0.05) is 28.9 Å². The van der Waals surface area contributed by atoms with Crippen LogP contribution >= 0.6 is 24.8 Å². The highest BCUT2D eigenvalue weighted by Crippen LogP contribution is 2.26. The van der Waals surface area contributed by atoms with Gasteiger partial charge < -0.3 is 10.3 Å². The van der Waals surface area contributed by atoms with Crippen molar-refractivity contribution in [3.05, 3.63) is 60.4 Å². The largest absolute Gasteiger partial charge is 0.397 e. The fourth-order valence-electron chi connectivity index (χ4n) is 2.17. The van der Waals surface area contributed by atoms with E-state index in [1.807, 2.05) is 59.4 Å². The van der Waals surface area contributed by atoms with Crippen LogP contribution in [-0.2, 0) is 0 Å². The molecule has 102 valence electrons. The Morgan fingerprint density at radius 1 is 0.950 bits per heavy atom. The van der Waals surface area contributed by atoms with E-state index in [1.54, 1.807) is 0 Å². The molecule has 5 heteroatoms. The Morgan fingerprint density at radius 2 is 1.65 bits per heavy atom. The summed E-state index contributed by atoms with van der Waals surface area (Å²) in [4.78, 5) is 0. The summed E-state index contributed by atoms with van der Waals surface area (Å²) in [5.74, 6) is 0. The molecule has 0 aliphatic heterocycles. The first-order valence-corrected chi connectivity index (χ1v) is 5.65. The third-order valence-corrected chi connectivity index (χ3v) is 3.02. The Balaban J connectivity index is 0.000001000.